The smallest absolute Gasteiger partial charge is 0.353 e. The Kier molecular flexibility index (Phi) is 5.39. The molecule has 0 amide bonds. The minimum Gasteiger partial charge on any atom is -0.353 e. The number of hydrogen-bond acceptors (Lipinski definition) is 6. The van der Waals surface area contributed by atoms with Crippen LogP contribution in [0.3, 0.4) is 0 Å². The Labute approximate surface area is 170 Å². The van der Waals surface area contributed by atoms with Crippen molar-refractivity contribution in [3.8, 4) is 0 Å². The zero-order chi connectivity index (χ0) is 21.1. The molecule has 0 atom stereocenters. The molecule has 0 saturated carbocycles. The Hall–Kier alpha value is -3.43. The van der Waals surface area contributed by atoms with Gasteiger partial charge in [-0.1, -0.05) is 12.1 Å². The van der Waals surface area contributed by atoms with Crippen molar-refractivity contribution < 1.29 is 13.2 Å². The molecule has 1 fully saturated rings. The van der Waals surface area contributed by atoms with Gasteiger partial charge in [0.1, 0.15) is 17.3 Å². The van der Waals surface area contributed by atoms with E-state index in [1.807, 2.05) is 21.9 Å². The lowest BCUT2D eigenvalue weighted by Gasteiger charge is -2.36. The SMILES string of the molecule is O=c1ccc(N2CCN(c3cccc(C(F)(F)F)n3)CC2)nn1Cc1ccccn1. The summed E-state index contributed by atoms with van der Waals surface area (Å²) in [5.74, 6) is 0.944. The van der Waals surface area contributed by atoms with Crippen LogP contribution >= 0.6 is 0 Å². The summed E-state index contributed by atoms with van der Waals surface area (Å²) in [4.78, 5) is 23.9. The van der Waals surface area contributed by atoms with Crippen LogP contribution in [0.15, 0.2) is 59.5 Å². The van der Waals surface area contributed by atoms with Crippen LogP contribution in [0.2, 0.25) is 0 Å². The van der Waals surface area contributed by atoms with Gasteiger partial charge in [-0.05, 0) is 30.3 Å². The number of rotatable bonds is 4. The molecule has 1 aliphatic rings. The molecule has 7 nitrogen and oxygen atoms in total. The number of alkyl halides is 3. The van der Waals surface area contributed by atoms with Gasteiger partial charge in [0.2, 0.25) is 0 Å². The lowest BCUT2D eigenvalue weighted by molar-refractivity contribution is -0.141. The average Bonchev–Trinajstić information content (AvgIpc) is 2.76. The van der Waals surface area contributed by atoms with Gasteiger partial charge in [-0.2, -0.15) is 18.3 Å². The van der Waals surface area contributed by atoms with Crippen molar-refractivity contribution in [3.05, 3.63) is 76.5 Å². The number of aromatic nitrogens is 4. The monoisotopic (exact) mass is 416 g/mol. The molecular formula is C20H19F3N6O. The van der Waals surface area contributed by atoms with Crippen molar-refractivity contribution in [2.45, 2.75) is 12.7 Å². The van der Waals surface area contributed by atoms with Gasteiger partial charge in [-0.3, -0.25) is 9.78 Å². The maximum absolute atomic E-state index is 12.9. The Bertz CT molecular complexity index is 1060. The zero-order valence-corrected chi connectivity index (χ0v) is 16.0. The predicted molar refractivity (Wildman–Crippen MR) is 106 cm³/mol. The molecule has 4 rings (SSSR count). The molecule has 156 valence electrons. The van der Waals surface area contributed by atoms with E-state index >= 15 is 0 Å². The molecule has 0 N–H and O–H groups in total. The fourth-order valence-corrected chi connectivity index (χ4v) is 3.29. The topological polar surface area (TPSA) is 67.2 Å². The van der Waals surface area contributed by atoms with Crippen molar-refractivity contribution in [2.24, 2.45) is 0 Å². The number of halogens is 3. The third kappa shape index (κ3) is 4.42. The number of anilines is 2. The van der Waals surface area contributed by atoms with E-state index in [2.05, 4.69) is 15.1 Å². The molecule has 0 aliphatic carbocycles. The van der Waals surface area contributed by atoms with E-state index in [4.69, 9.17) is 0 Å². The second kappa shape index (κ2) is 8.13. The normalized spacial score (nSPS) is 14.8. The number of piperazine rings is 1. The minimum atomic E-state index is -4.47. The number of nitrogens with zero attached hydrogens (tertiary/aromatic N) is 6. The molecule has 1 aliphatic heterocycles. The molecule has 1 saturated heterocycles. The summed E-state index contributed by atoms with van der Waals surface area (Å²) in [6.45, 7) is 2.35. The molecule has 4 heterocycles. The zero-order valence-electron chi connectivity index (χ0n) is 16.0. The third-order valence-corrected chi connectivity index (χ3v) is 4.84. The van der Waals surface area contributed by atoms with Gasteiger partial charge in [0.25, 0.3) is 5.56 Å². The molecule has 10 heteroatoms. The van der Waals surface area contributed by atoms with E-state index in [0.717, 1.165) is 11.8 Å². The molecule has 0 unspecified atom stereocenters. The van der Waals surface area contributed by atoms with Crippen LogP contribution in [0.4, 0.5) is 24.8 Å². The lowest BCUT2D eigenvalue weighted by Crippen LogP contribution is -2.47. The highest BCUT2D eigenvalue weighted by Gasteiger charge is 2.33. The van der Waals surface area contributed by atoms with Crippen LogP contribution < -0.4 is 15.4 Å². The molecule has 0 spiro atoms. The Morgan fingerprint density at radius 3 is 2.27 bits per heavy atom. The summed E-state index contributed by atoms with van der Waals surface area (Å²) in [7, 11) is 0. The highest BCUT2D eigenvalue weighted by atomic mass is 19.4. The van der Waals surface area contributed by atoms with Crippen molar-refractivity contribution in [1.82, 2.24) is 19.7 Å². The fraction of sp³-hybridized carbons (Fsp3) is 0.300. The fourth-order valence-electron chi connectivity index (χ4n) is 3.29. The highest BCUT2D eigenvalue weighted by Crippen LogP contribution is 2.29. The third-order valence-electron chi connectivity index (χ3n) is 4.84. The first-order chi connectivity index (χ1) is 14.4. The quantitative estimate of drug-likeness (QED) is 0.651. The van der Waals surface area contributed by atoms with Gasteiger partial charge in [0, 0.05) is 38.4 Å². The molecule has 0 aromatic carbocycles. The Balaban J connectivity index is 1.46. The van der Waals surface area contributed by atoms with Crippen LogP contribution in [0.25, 0.3) is 0 Å². The van der Waals surface area contributed by atoms with Crippen molar-refractivity contribution >= 4 is 11.6 Å². The predicted octanol–water partition coefficient (Wildman–Crippen LogP) is 2.43. The summed E-state index contributed by atoms with van der Waals surface area (Å²) in [5.41, 5.74) is -0.397. The van der Waals surface area contributed by atoms with Gasteiger partial charge in [0.05, 0.1) is 12.2 Å². The van der Waals surface area contributed by atoms with Crippen LogP contribution in [-0.4, -0.2) is 45.9 Å². The van der Waals surface area contributed by atoms with Crippen LogP contribution in [0, 0.1) is 0 Å². The van der Waals surface area contributed by atoms with Crippen LogP contribution in [0.5, 0.6) is 0 Å². The first-order valence-corrected chi connectivity index (χ1v) is 9.42. The van der Waals surface area contributed by atoms with E-state index in [1.54, 1.807) is 24.4 Å². The number of pyridine rings is 2. The van der Waals surface area contributed by atoms with Gasteiger partial charge >= 0.3 is 6.18 Å². The molecule has 3 aromatic heterocycles. The highest BCUT2D eigenvalue weighted by molar-refractivity contribution is 5.45. The number of hydrogen-bond donors (Lipinski definition) is 0. The molecule has 0 radical (unpaired) electrons. The average molecular weight is 416 g/mol. The molecule has 3 aromatic rings. The van der Waals surface area contributed by atoms with Crippen LogP contribution in [-0.2, 0) is 12.7 Å². The second-order valence-electron chi connectivity index (χ2n) is 6.86. The molecule has 30 heavy (non-hydrogen) atoms. The Morgan fingerprint density at radius 1 is 0.867 bits per heavy atom. The van der Waals surface area contributed by atoms with Gasteiger partial charge in [0.15, 0.2) is 0 Å². The molecular weight excluding hydrogens is 397 g/mol. The first-order valence-electron chi connectivity index (χ1n) is 9.42. The largest absolute Gasteiger partial charge is 0.433 e. The summed E-state index contributed by atoms with van der Waals surface area (Å²) in [6.07, 6.45) is -2.81. The van der Waals surface area contributed by atoms with Crippen LogP contribution in [0.1, 0.15) is 11.4 Å². The van der Waals surface area contributed by atoms with Crippen molar-refractivity contribution in [3.63, 3.8) is 0 Å². The maximum Gasteiger partial charge on any atom is 0.433 e. The Morgan fingerprint density at radius 2 is 1.60 bits per heavy atom. The summed E-state index contributed by atoms with van der Waals surface area (Å²) in [5, 5.41) is 4.44. The van der Waals surface area contributed by atoms with E-state index < -0.39 is 11.9 Å². The standard InChI is InChI=1S/C20H19F3N6O/c21-20(22,23)16-5-3-6-17(25-16)27-10-12-28(13-11-27)18-7-8-19(30)29(26-18)14-15-4-1-2-9-24-15/h1-9H,10-14H2. The maximum atomic E-state index is 12.9. The second-order valence-corrected chi connectivity index (χ2v) is 6.86. The van der Waals surface area contributed by atoms with Gasteiger partial charge in [-0.25, -0.2) is 9.67 Å². The summed E-state index contributed by atoms with van der Waals surface area (Å²) >= 11 is 0. The van der Waals surface area contributed by atoms with Crippen molar-refractivity contribution in [1.29, 1.82) is 0 Å². The van der Waals surface area contributed by atoms with E-state index in [1.165, 1.54) is 16.8 Å². The first kappa shape index (κ1) is 19.9. The summed E-state index contributed by atoms with van der Waals surface area (Å²) in [6, 6.07) is 12.5. The minimum absolute atomic E-state index is 0.226. The van der Waals surface area contributed by atoms with E-state index in [9.17, 15) is 18.0 Å². The summed E-state index contributed by atoms with van der Waals surface area (Å²) < 4.78 is 40.1. The van der Waals surface area contributed by atoms with Gasteiger partial charge < -0.3 is 9.80 Å². The van der Waals surface area contributed by atoms with Gasteiger partial charge in [-0.15, -0.1) is 0 Å². The van der Waals surface area contributed by atoms with E-state index in [-0.39, 0.29) is 12.1 Å². The lowest BCUT2D eigenvalue weighted by atomic mass is 10.2. The van der Waals surface area contributed by atoms with Crippen molar-refractivity contribution in [2.75, 3.05) is 36.0 Å². The molecule has 0 bridgehead atoms. The van der Waals surface area contributed by atoms with E-state index in [0.29, 0.717) is 37.8 Å².